The average molecular weight is 203 g/mol. The molecule has 1 atom stereocenters. The molecule has 3 heteroatoms. The summed E-state index contributed by atoms with van der Waals surface area (Å²) >= 11 is 0. The lowest BCUT2D eigenvalue weighted by atomic mass is 10.1. The summed E-state index contributed by atoms with van der Waals surface area (Å²) in [5, 5.41) is 8.81. The second-order valence-electron chi connectivity index (χ2n) is 3.83. The maximum Gasteiger partial charge on any atom is 0.328 e. The minimum atomic E-state index is -0.822. The van der Waals surface area contributed by atoms with Crippen molar-refractivity contribution in [3.8, 4) is 0 Å². The third-order valence-electron chi connectivity index (χ3n) is 2.64. The standard InChI is InChI=1S/C12H13NO2/c1-8-2-4-9(5-3-8)10-6-7-11(13-10)12(14)15/h2-5,11H,6-7H2,1H3,(H,14,15). The summed E-state index contributed by atoms with van der Waals surface area (Å²) in [6.45, 7) is 2.03. The van der Waals surface area contributed by atoms with Gasteiger partial charge in [0.15, 0.2) is 0 Å². The summed E-state index contributed by atoms with van der Waals surface area (Å²) in [5.74, 6) is -0.822. The third kappa shape index (κ3) is 2.06. The van der Waals surface area contributed by atoms with Crippen LogP contribution in [0.2, 0.25) is 0 Å². The Labute approximate surface area is 88.5 Å². The Kier molecular flexibility index (Phi) is 2.54. The van der Waals surface area contributed by atoms with Gasteiger partial charge in [-0.05, 0) is 25.3 Å². The van der Waals surface area contributed by atoms with Gasteiger partial charge in [0.1, 0.15) is 6.04 Å². The number of aliphatic imine (C=N–C) groups is 1. The van der Waals surface area contributed by atoms with E-state index in [0.29, 0.717) is 6.42 Å². The van der Waals surface area contributed by atoms with E-state index in [1.807, 2.05) is 31.2 Å². The largest absolute Gasteiger partial charge is 0.480 e. The first-order valence-electron chi connectivity index (χ1n) is 5.03. The van der Waals surface area contributed by atoms with Crippen LogP contribution in [0.15, 0.2) is 29.3 Å². The Morgan fingerprint density at radius 2 is 2.07 bits per heavy atom. The van der Waals surface area contributed by atoms with Gasteiger partial charge in [-0.2, -0.15) is 0 Å². The first-order chi connectivity index (χ1) is 7.16. The molecule has 0 saturated carbocycles. The molecular formula is C12H13NO2. The second-order valence-corrected chi connectivity index (χ2v) is 3.83. The molecule has 1 unspecified atom stereocenters. The molecule has 0 fully saturated rings. The predicted octanol–water partition coefficient (Wildman–Crippen LogP) is 2.03. The van der Waals surface area contributed by atoms with Crippen molar-refractivity contribution in [2.75, 3.05) is 0 Å². The minimum absolute atomic E-state index is 0.540. The number of rotatable bonds is 2. The third-order valence-corrected chi connectivity index (χ3v) is 2.64. The van der Waals surface area contributed by atoms with Crippen molar-refractivity contribution in [2.45, 2.75) is 25.8 Å². The van der Waals surface area contributed by atoms with Gasteiger partial charge >= 0.3 is 5.97 Å². The number of benzene rings is 1. The minimum Gasteiger partial charge on any atom is -0.480 e. The fraction of sp³-hybridized carbons (Fsp3) is 0.333. The van der Waals surface area contributed by atoms with Gasteiger partial charge in [-0.25, -0.2) is 4.79 Å². The van der Waals surface area contributed by atoms with Crippen molar-refractivity contribution in [3.05, 3.63) is 35.4 Å². The molecule has 1 aromatic rings. The number of hydrogen-bond acceptors (Lipinski definition) is 2. The maximum absolute atomic E-state index is 10.7. The summed E-state index contributed by atoms with van der Waals surface area (Å²) in [6, 6.07) is 7.50. The molecule has 0 amide bonds. The highest BCUT2D eigenvalue weighted by atomic mass is 16.4. The van der Waals surface area contributed by atoms with Crippen LogP contribution in [-0.2, 0) is 4.79 Å². The Morgan fingerprint density at radius 1 is 1.40 bits per heavy atom. The molecule has 1 N–H and O–H groups in total. The zero-order valence-electron chi connectivity index (χ0n) is 8.60. The number of hydrogen-bond donors (Lipinski definition) is 1. The number of aryl methyl sites for hydroxylation is 1. The molecule has 3 nitrogen and oxygen atoms in total. The van der Waals surface area contributed by atoms with E-state index in [2.05, 4.69) is 4.99 Å². The Hall–Kier alpha value is -1.64. The number of carbonyl (C=O) groups is 1. The van der Waals surface area contributed by atoms with Gasteiger partial charge in [0.05, 0.1) is 0 Å². The molecule has 0 radical (unpaired) electrons. The van der Waals surface area contributed by atoms with E-state index >= 15 is 0 Å². The predicted molar refractivity (Wildman–Crippen MR) is 58.4 cm³/mol. The lowest BCUT2D eigenvalue weighted by Gasteiger charge is -2.00. The highest BCUT2D eigenvalue weighted by Crippen LogP contribution is 2.19. The monoisotopic (exact) mass is 203 g/mol. The van der Waals surface area contributed by atoms with Gasteiger partial charge in [-0.3, -0.25) is 4.99 Å². The van der Waals surface area contributed by atoms with Crippen molar-refractivity contribution >= 4 is 11.7 Å². The second kappa shape index (κ2) is 3.85. The van der Waals surface area contributed by atoms with E-state index in [1.54, 1.807) is 0 Å². The van der Waals surface area contributed by atoms with Crippen molar-refractivity contribution in [3.63, 3.8) is 0 Å². The molecule has 0 aliphatic carbocycles. The number of aliphatic carboxylic acids is 1. The van der Waals surface area contributed by atoms with E-state index in [-0.39, 0.29) is 0 Å². The van der Waals surface area contributed by atoms with Gasteiger partial charge in [-0.1, -0.05) is 29.8 Å². The average Bonchev–Trinajstić information content (AvgIpc) is 2.68. The molecule has 78 valence electrons. The SMILES string of the molecule is Cc1ccc(C2=NC(C(=O)O)CC2)cc1. The van der Waals surface area contributed by atoms with Crippen LogP contribution in [-0.4, -0.2) is 22.8 Å². The normalized spacial score (nSPS) is 20.1. The van der Waals surface area contributed by atoms with Gasteiger partial charge < -0.3 is 5.11 Å². The molecule has 2 rings (SSSR count). The highest BCUT2D eigenvalue weighted by molar-refractivity contribution is 6.03. The number of carboxylic acids is 1. The molecular weight excluding hydrogens is 190 g/mol. The van der Waals surface area contributed by atoms with E-state index in [4.69, 9.17) is 5.11 Å². The Balaban J connectivity index is 2.22. The van der Waals surface area contributed by atoms with Crippen molar-refractivity contribution in [1.29, 1.82) is 0 Å². The molecule has 0 saturated heterocycles. The van der Waals surface area contributed by atoms with E-state index < -0.39 is 12.0 Å². The Morgan fingerprint density at radius 3 is 2.60 bits per heavy atom. The quantitative estimate of drug-likeness (QED) is 0.799. The molecule has 1 aliphatic heterocycles. The van der Waals surface area contributed by atoms with Crippen LogP contribution >= 0.6 is 0 Å². The first kappa shape index (κ1) is 9.90. The fourth-order valence-corrected chi connectivity index (χ4v) is 1.73. The lowest BCUT2D eigenvalue weighted by Crippen LogP contribution is -2.13. The summed E-state index contributed by atoms with van der Waals surface area (Å²) < 4.78 is 0. The maximum atomic E-state index is 10.7. The van der Waals surface area contributed by atoms with Crippen molar-refractivity contribution in [2.24, 2.45) is 4.99 Å². The lowest BCUT2D eigenvalue weighted by molar-refractivity contribution is -0.138. The molecule has 0 bridgehead atoms. The highest BCUT2D eigenvalue weighted by Gasteiger charge is 2.23. The summed E-state index contributed by atoms with van der Waals surface area (Å²) in [5.41, 5.74) is 3.17. The molecule has 1 heterocycles. The molecule has 0 aromatic heterocycles. The zero-order chi connectivity index (χ0) is 10.8. The van der Waals surface area contributed by atoms with Gasteiger partial charge in [0, 0.05) is 5.71 Å². The topological polar surface area (TPSA) is 49.7 Å². The van der Waals surface area contributed by atoms with Crippen LogP contribution in [0.3, 0.4) is 0 Å². The van der Waals surface area contributed by atoms with Gasteiger partial charge in [0.25, 0.3) is 0 Å². The van der Waals surface area contributed by atoms with Crippen molar-refractivity contribution in [1.82, 2.24) is 0 Å². The fourth-order valence-electron chi connectivity index (χ4n) is 1.73. The summed E-state index contributed by atoms with van der Waals surface area (Å²) in [6.07, 6.45) is 1.39. The Bertz CT molecular complexity index is 406. The van der Waals surface area contributed by atoms with E-state index in [9.17, 15) is 4.79 Å². The van der Waals surface area contributed by atoms with Crippen LogP contribution in [0.5, 0.6) is 0 Å². The van der Waals surface area contributed by atoms with E-state index in [0.717, 1.165) is 17.7 Å². The summed E-state index contributed by atoms with van der Waals surface area (Å²) in [7, 11) is 0. The van der Waals surface area contributed by atoms with Crippen molar-refractivity contribution < 1.29 is 9.90 Å². The zero-order valence-corrected chi connectivity index (χ0v) is 8.60. The summed E-state index contributed by atoms with van der Waals surface area (Å²) in [4.78, 5) is 14.9. The number of carboxylic acid groups (broad SMARTS) is 1. The van der Waals surface area contributed by atoms with Crippen LogP contribution < -0.4 is 0 Å². The van der Waals surface area contributed by atoms with Gasteiger partial charge in [0.2, 0.25) is 0 Å². The van der Waals surface area contributed by atoms with Crippen LogP contribution in [0.4, 0.5) is 0 Å². The molecule has 1 aromatic carbocycles. The molecule has 0 spiro atoms. The number of nitrogens with zero attached hydrogens (tertiary/aromatic N) is 1. The molecule has 15 heavy (non-hydrogen) atoms. The first-order valence-corrected chi connectivity index (χ1v) is 5.03. The van der Waals surface area contributed by atoms with Crippen LogP contribution in [0.25, 0.3) is 0 Å². The smallest absolute Gasteiger partial charge is 0.328 e. The van der Waals surface area contributed by atoms with Crippen LogP contribution in [0.1, 0.15) is 24.0 Å². The van der Waals surface area contributed by atoms with E-state index in [1.165, 1.54) is 5.56 Å². The molecule has 1 aliphatic rings. The van der Waals surface area contributed by atoms with Crippen LogP contribution in [0, 0.1) is 6.92 Å². The van der Waals surface area contributed by atoms with Gasteiger partial charge in [-0.15, -0.1) is 0 Å².